The second-order valence-electron chi connectivity index (χ2n) is 6.28. The molecule has 0 aliphatic heterocycles. The van der Waals surface area contributed by atoms with E-state index in [1.807, 2.05) is 0 Å². The molecule has 2 rings (SSSR count). The molecule has 1 heteroatoms. The van der Waals surface area contributed by atoms with Gasteiger partial charge in [0.05, 0.1) is 0 Å². The molecule has 19 heavy (non-hydrogen) atoms. The zero-order valence-electron chi connectivity index (χ0n) is 12.7. The van der Waals surface area contributed by atoms with Crippen molar-refractivity contribution in [2.45, 2.75) is 46.6 Å². The van der Waals surface area contributed by atoms with Crippen molar-refractivity contribution in [1.29, 1.82) is 0 Å². The van der Waals surface area contributed by atoms with Gasteiger partial charge in [-0.2, -0.15) is 0 Å². The molecule has 104 valence electrons. The Hall–Kier alpha value is -1.08. The lowest BCUT2D eigenvalue weighted by atomic mass is 9.83. The molecule has 3 atom stereocenters. The van der Waals surface area contributed by atoms with Crippen molar-refractivity contribution in [3.8, 4) is 0 Å². The molecule has 0 saturated carbocycles. The van der Waals surface area contributed by atoms with Gasteiger partial charge in [-0.1, -0.05) is 42.8 Å². The SMILES string of the molecule is CC1=CC(C)CC(CN[C@H](C)c2ccccc2C)C1. The third-order valence-electron chi connectivity index (χ3n) is 4.25. The molecule has 1 aromatic rings. The van der Waals surface area contributed by atoms with Crippen LogP contribution in [0.25, 0.3) is 0 Å². The van der Waals surface area contributed by atoms with Crippen molar-refractivity contribution < 1.29 is 0 Å². The first kappa shape index (κ1) is 14.3. The largest absolute Gasteiger partial charge is 0.310 e. The van der Waals surface area contributed by atoms with E-state index in [4.69, 9.17) is 0 Å². The van der Waals surface area contributed by atoms with Crippen LogP contribution >= 0.6 is 0 Å². The summed E-state index contributed by atoms with van der Waals surface area (Å²) in [6.45, 7) is 10.2. The van der Waals surface area contributed by atoms with Gasteiger partial charge in [0, 0.05) is 6.04 Å². The minimum absolute atomic E-state index is 0.447. The van der Waals surface area contributed by atoms with Crippen molar-refractivity contribution >= 4 is 0 Å². The second-order valence-corrected chi connectivity index (χ2v) is 6.28. The summed E-state index contributed by atoms with van der Waals surface area (Å²) < 4.78 is 0. The Morgan fingerprint density at radius 2 is 2.00 bits per heavy atom. The lowest BCUT2D eigenvalue weighted by Gasteiger charge is -2.27. The van der Waals surface area contributed by atoms with E-state index in [2.05, 4.69) is 63.4 Å². The number of rotatable bonds is 4. The smallest absolute Gasteiger partial charge is 0.0294 e. The van der Waals surface area contributed by atoms with E-state index in [0.29, 0.717) is 6.04 Å². The Balaban J connectivity index is 1.89. The van der Waals surface area contributed by atoms with Gasteiger partial charge >= 0.3 is 0 Å². The highest BCUT2D eigenvalue weighted by Crippen LogP contribution is 2.28. The van der Waals surface area contributed by atoms with E-state index in [1.165, 1.54) is 24.0 Å². The molecule has 0 fully saturated rings. The summed E-state index contributed by atoms with van der Waals surface area (Å²) in [4.78, 5) is 0. The van der Waals surface area contributed by atoms with Crippen LogP contribution in [0.4, 0.5) is 0 Å². The Morgan fingerprint density at radius 1 is 1.26 bits per heavy atom. The van der Waals surface area contributed by atoms with E-state index in [9.17, 15) is 0 Å². The Bertz CT molecular complexity index is 447. The topological polar surface area (TPSA) is 12.0 Å². The Kier molecular flexibility index (Phi) is 4.81. The predicted octanol–water partition coefficient (Wildman–Crippen LogP) is 4.64. The van der Waals surface area contributed by atoms with Gasteiger partial charge in [-0.15, -0.1) is 0 Å². The molecule has 0 aromatic heterocycles. The van der Waals surface area contributed by atoms with Crippen LogP contribution in [0.5, 0.6) is 0 Å². The number of allylic oxidation sites excluding steroid dienone is 2. The number of aryl methyl sites for hydroxylation is 1. The average Bonchev–Trinajstić information content (AvgIpc) is 2.35. The zero-order chi connectivity index (χ0) is 13.8. The van der Waals surface area contributed by atoms with Gasteiger partial charge in [0.1, 0.15) is 0 Å². The quantitative estimate of drug-likeness (QED) is 0.775. The summed E-state index contributed by atoms with van der Waals surface area (Å²) >= 11 is 0. The van der Waals surface area contributed by atoms with E-state index in [0.717, 1.165) is 18.4 Å². The van der Waals surface area contributed by atoms with Crippen molar-refractivity contribution in [3.05, 3.63) is 47.0 Å². The summed E-state index contributed by atoms with van der Waals surface area (Å²) in [5, 5.41) is 3.72. The van der Waals surface area contributed by atoms with Crippen LogP contribution in [-0.2, 0) is 0 Å². The van der Waals surface area contributed by atoms with Crippen LogP contribution in [0.3, 0.4) is 0 Å². The van der Waals surface area contributed by atoms with Gasteiger partial charge in [-0.05, 0) is 63.1 Å². The molecule has 0 saturated heterocycles. The van der Waals surface area contributed by atoms with Gasteiger partial charge in [0.15, 0.2) is 0 Å². The van der Waals surface area contributed by atoms with Crippen LogP contribution in [0, 0.1) is 18.8 Å². The standard InChI is InChI=1S/C18H27N/c1-13-9-14(2)11-17(10-13)12-19-16(4)18-8-6-5-7-15(18)3/h5-9,13,16-17,19H,10-12H2,1-4H3/t13?,16-,17?/m1/s1. The normalized spacial score (nSPS) is 24.9. The molecule has 1 aliphatic rings. The molecule has 0 radical (unpaired) electrons. The van der Waals surface area contributed by atoms with Crippen molar-refractivity contribution in [2.24, 2.45) is 11.8 Å². The Morgan fingerprint density at radius 3 is 2.68 bits per heavy atom. The summed E-state index contributed by atoms with van der Waals surface area (Å²) in [5.74, 6) is 1.54. The molecule has 1 aromatic carbocycles. The zero-order valence-corrected chi connectivity index (χ0v) is 12.7. The van der Waals surface area contributed by atoms with Gasteiger partial charge in [0.25, 0.3) is 0 Å². The summed E-state index contributed by atoms with van der Waals surface area (Å²) in [6, 6.07) is 9.13. The third-order valence-corrected chi connectivity index (χ3v) is 4.25. The number of nitrogens with one attached hydrogen (secondary N) is 1. The molecule has 1 aliphatic carbocycles. The van der Waals surface area contributed by atoms with Gasteiger partial charge in [0.2, 0.25) is 0 Å². The first-order valence-electron chi connectivity index (χ1n) is 7.52. The maximum atomic E-state index is 3.72. The first-order valence-corrected chi connectivity index (χ1v) is 7.52. The van der Waals surface area contributed by atoms with E-state index < -0.39 is 0 Å². The fraction of sp³-hybridized carbons (Fsp3) is 0.556. The highest BCUT2D eigenvalue weighted by Gasteiger charge is 2.18. The van der Waals surface area contributed by atoms with Crippen molar-refractivity contribution in [2.75, 3.05) is 6.54 Å². The van der Waals surface area contributed by atoms with E-state index in [-0.39, 0.29) is 0 Å². The maximum Gasteiger partial charge on any atom is 0.0294 e. The molecule has 0 bridgehead atoms. The summed E-state index contributed by atoms with van der Waals surface area (Å²) in [6.07, 6.45) is 5.02. The Labute approximate surface area is 118 Å². The van der Waals surface area contributed by atoms with Crippen LogP contribution in [0.15, 0.2) is 35.9 Å². The molecular weight excluding hydrogens is 230 g/mol. The van der Waals surface area contributed by atoms with Crippen LogP contribution < -0.4 is 5.32 Å². The monoisotopic (exact) mass is 257 g/mol. The molecule has 0 heterocycles. The van der Waals surface area contributed by atoms with Crippen LogP contribution in [0.1, 0.15) is 50.8 Å². The number of hydrogen-bond donors (Lipinski definition) is 1. The van der Waals surface area contributed by atoms with Crippen LogP contribution in [-0.4, -0.2) is 6.54 Å². The first-order chi connectivity index (χ1) is 9.06. The maximum absolute atomic E-state index is 3.72. The van der Waals surface area contributed by atoms with Gasteiger partial charge in [-0.3, -0.25) is 0 Å². The molecule has 2 unspecified atom stereocenters. The molecule has 1 nitrogen and oxygen atoms in total. The molecule has 0 spiro atoms. The highest BCUT2D eigenvalue weighted by molar-refractivity contribution is 5.28. The molecule has 0 amide bonds. The predicted molar refractivity (Wildman–Crippen MR) is 83.2 cm³/mol. The van der Waals surface area contributed by atoms with E-state index >= 15 is 0 Å². The molecular formula is C18H27N. The van der Waals surface area contributed by atoms with Crippen molar-refractivity contribution in [3.63, 3.8) is 0 Å². The minimum atomic E-state index is 0.447. The third kappa shape index (κ3) is 3.94. The summed E-state index contributed by atoms with van der Waals surface area (Å²) in [7, 11) is 0. The van der Waals surface area contributed by atoms with Crippen molar-refractivity contribution in [1.82, 2.24) is 5.32 Å². The minimum Gasteiger partial charge on any atom is -0.310 e. The number of benzene rings is 1. The van der Waals surface area contributed by atoms with Crippen LogP contribution in [0.2, 0.25) is 0 Å². The lowest BCUT2D eigenvalue weighted by Crippen LogP contribution is -2.28. The lowest BCUT2D eigenvalue weighted by molar-refractivity contribution is 0.366. The van der Waals surface area contributed by atoms with Gasteiger partial charge in [-0.25, -0.2) is 0 Å². The highest BCUT2D eigenvalue weighted by atomic mass is 14.9. The average molecular weight is 257 g/mol. The van der Waals surface area contributed by atoms with Gasteiger partial charge < -0.3 is 5.32 Å². The number of hydrogen-bond acceptors (Lipinski definition) is 1. The second kappa shape index (κ2) is 6.38. The fourth-order valence-corrected chi connectivity index (χ4v) is 3.37. The summed E-state index contributed by atoms with van der Waals surface area (Å²) in [5.41, 5.74) is 4.38. The molecule has 1 N–H and O–H groups in total. The fourth-order valence-electron chi connectivity index (χ4n) is 3.37. The van der Waals surface area contributed by atoms with E-state index in [1.54, 1.807) is 5.57 Å².